The first-order valence-corrected chi connectivity index (χ1v) is 20.4. The standard InChI is InChI=1S/C56H36N4/c1-3-14-41(15-4-1)55-58-49(38-29-27-37(28-30-38)44-21-11-16-40-17-13-35-57-53(40)44)36-50(59-55)39-31-33-43(34-32-39)56(42-18-5-2-6-19-42)47-23-8-10-26-52(47)60-51-25-9-7-20-45(51)46-22-12-24-48(56)54(46)60/h1-36H. The predicted octanol–water partition coefficient (Wildman–Crippen LogP) is 13.5. The third-order valence-electron chi connectivity index (χ3n) is 12.4. The van der Waals surface area contributed by atoms with Gasteiger partial charge in [0.05, 0.1) is 39.0 Å². The second kappa shape index (κ2) is 13.6. The molecule has 60 heavy (non-hydrogen) atoms. The molecule has 0 N–H and O–H groups in total. The van der Waals surface area contributed by atoms with Crippen LogP contribution in [0.1, 0.15) is 22.3 Å². The molecule has 0 radical (unpaired) electrons. The monoisotopic (exact) mass is 764 g/mol. The van der Waals surface area contributed by atoms with E-state index in [9.17, 15) is 0 Å². The highest BCUT2D eigenvalue weighted by Gasteiger charge is 2.45. The highest BCUT2D eigenvalue weighted by Crippen LogP contribution is 2.54. The molecule has 4 nitrogen and oxygen atoms in total. The fourth-order valence-corrected chi connectivity index (χ4v) is 9.69. The van der Waals surface area contributed by atoms with Gasteiger partial charge in [0, 0.05) is 44.6 Å². The van der Waals surface area contributed by atoms with Crippen LogP contribution in [0.15, 0.2) is 219 Å². The van der Waals surface area contributed by atoms with Crippen molar-refractivity contribution in [1.29, 1.82) is 0 Å². The maximum Gasteiger partial charge on any atom is 0.160 e. The molecule has 1 aliphatic heterocycles. The largest absolute Gasteiger partial charge is 0.309 e. The van der Waals surface area contributed by atoms with Crippen molar-refractivity contribution >= 4 is 32.7 Å². The van der Waals surface area contributed by atoms with Crippen LogP contribution in [0.4, 0.5) is 0 Å². The van der Waals surface area contributed by atoms with Gasteiger partial charge in [-0.05, 0) is 52.1 Å². The molecule has 0 spiro atoms. The molecular formula is C56H36N4. The van der Waals surface area contributed by atoms with Crippen molar-refractivity contribution in [2.45, 2.75) is 5.41 Å². The Hall–Kier alpha value is -7.95. The van der Waals surface area contributed by atoms with Crippen LogP contribution >= 0.6 is 0 Å². The normalized spacial score (nSPS) is 14.4. The number of hydrogen-bond donors (Lipinski definition) is 0. The Bertz CT molecular complexity index is 3400. The summed E-state index contributed by atoms with van der Waals surface area (Å²) in [7, 11) is 0. The quantitative estimate of drug-likeness (QED) is 0.169. The van der Waals surface area contributed by atoms with Gasteiger partial charge in [-0.1, -0.05) is 188 Å². The molecule has 0 aliphatic carbocycles. The van der Waals surface area contributed by atoms with Crippen LogP contribution in [-0.2, 0) is 5.41 Å². The number of hydrogen-bond acceptors (Lipinski definition) is 3. The third kappa shape index (κ3) is 5.14. The van der Waals surface area contributed by atoms with Crippen LogP contribution in [0.5, 0.6) is 0 Å². The van der Waals surface area contributed by atoms with Crippen LogP contribution in [-0.4, -0.2) is 19.5 Å². The first-order valence-electron chi connectivity index (χ1n) is 20.4. The average Bonchev–Trinajstić information content (AvgIpc) is 3.67. The van der Waals surface area contributed by atoms with Crippen LogP contribution < -0.4 is 0 Å². The van der Waals surface area contributed by atoms with E-state index < -0.39 is 5.41 Å². The molecule has 4 heterocycles. The van der Waals surface area contributed by atoms with Gasteiger partial charge in [-0.2, -0.15) is 0 Å². The van der Waals surface area contributed by atoms with E-state index in [2.05, 4.69) is 193 Å². The van der Waals surface area contributed by atoms with Crippen molar-refractivity contribution in [3.8, 4) is 50.7 Å². The molecule has 0 amide bonds. The van der Waals surface area contributed by atoms with E-state index in [1.807, 2.05) is 30.5 Å². The minimum absolute atomic E-state index is 0.576. The lowest BCUT2D eigenvalue weighted by Gasteiger charge is -2.41. The molecule has 0 saturated carbocycles. The zero-order chi connectivity index (χ0) is 39.6. The van der Waals surface area contributed by atoms with E-state index in [0.29, 0.717) is 5.82 Å². The summed E-state index contributed by atoms with van der Waals surface area (Å²) in [4.78, 5) is 15.1. The van der Waals surface area contributed by atoms with Gasteiger partial charge in [0.25, 0.3) is 0 Å². The fraction of sp³-hybridized carbons (Fsp3) is 0.0179. The Morgan fingerprint density at radius 3 is 1.82 bits per heavy atom. The van der Waals surface area contributed by atoms with Crippen molar-refractivity contribution in [3.63, 3.8) is 0 Å². The topological polar surface area (TPSA) is 43.6 Å². The fourth-order valence-electron chi connectivity index (χ4n) is 9.69. The van der Waals surface area contributed by atoms with E-state index in [1.54, 1.807) is 0 Å². The summed E-state index contributed by atoms with van der Waals surface area (Å²) in [6, 6.07) is 76.1. The molecule has 1 atom stereocenters. The number of nitrogens with zero attached hydrogens (tertiary/aromatic N) is 4. The molecule has 8 aromatic carbocycles. The van der Waals surface area contributed by atoms with Gasteiger partial charge in [0.1, 0.15) is 0 Å². The molecule has 1 aliphatic rings. The molecule has 0 bridgehead atoms. The van der Waals surface area contributed by atoms with Gasteiger partial charge in [-0.25, -0.2) is 9.97 Å². The predicted molar refractivity (Wildman–Crippen MR) is 245 cm³/mol. The molecule has 0 saturated heterocycles. The van der Waals surface area contributed by atoms with Crippen LogP contribution in [0, 0.1) is 0 Å². The Morgan fingerprint density at radius 1 is 0.417 bits per heavy atom. The molecular weight excluding hydrogens is 729 g/mol. The third-order valence-corrected chi connectivity index (χ3v) is 12.4. The Morgan fingerprint density at radius 2 is 1.02 bits per heavy atom. The highest BCUT2D eigenvalue weighted by molar-refractivity contribution is 6.12. The van der Waals surface area contributed by atoms with E-state index in [1.165, 1.54) is 49.7 Å². The van der Waals surface area contributed by atoms with Gasteiger partial charge in [-0.3, -0.25) is 4.98 Å². The Balaban J connectivity index is 1.02. The minimum Gasteiger partial charge on any atom is -0.309 e. The summed E-state index contributed by atoms with van der Waals surface area (Å²) in [6.07, 6.45) is 1.86. The first-order chi connectivity index (χ1) is 29.8. The van der Waals surface area contributed by atoms with Crippen molar-refractivity contribution in [1.82, 2.24) is 19.5 Å². The van der Waals surface area contributed by atoms with Gasteiger partial charge >= 0.3 is 0 Å². The van der Waals surface area contributed by atoms with Crippen LogP contribution in [0.3, 0.4) is 0 Å². The van der Waals surface area contributed by atoms with Gasteiger partial charge in [-0.15, -0.1) is 0 Å². The number of pyridine rings is 1. The minimum atomic E-state index is -0.576. The lowest BCUT2D eigenvalue weighted by molar-refractivity contribution is 0.728. The summed E-state index contributed by atoms with van der Waals surface area (Å²) >= 11 is 0. The number of benzene rings is 8. The molecule has 280 valence electrons. The smallest absolute Gasteiger partial charge is 0.160 e. The molecule has 12 rings (SSSR count). The van der Waals surface area contributed by atoms with E-state index in [-0.39, 0.29) is 0 Å². The number of fused-ring (bicyclic) bond motifs is 6. The average molecular weight is 765 g/mol. The second-order valence-electron chi connectivity index (χ2n) is 15.6. The number of rotatable bonds is 6. The molecule has 3 aromatic heterocycles. The maximum atomic E-state index is 5.21. The van der Waals surface area contributed by atoms with Gasteiger partial charge in [0.2, 0.25) is 0 Å². The zero-order valence-corrected chi connectivity index (χ0v) is 32.6. The highest BCUT2D eigenvalue weighted by atomic mass is 15.0. The lowest BCUT2D eigenvalue weighted by Crippen LogP contribution is -2.35. The van der Waals surface area contributed by atoms with E-state index in [4.69, 9.17) is 15.0 Å². The van der Waals surface area contributed by atoms with E-state index >= 15 is 0 Å². The molecule has 4 heteroatoms. The summed E-state index contributed by atoms with van der Waals surface area (Å²) in [5.74, 6) is 0.691. The number of para-hydroxylation sites is 4. The zero-order valence-electron chi connectivity index (χ0n) is 32.6. The SMILES string of the molecule is c1ccc(-c2nc(-c3ccc(-c4cccc5cccnc45)cc3)cc(-c3ccc(C4(c5ccccc5)c5ccccc5-n5c6ccccc6c6cccc4c65)cc3)n2)cc1. The van der Waals surface area contributed by atoms with Crippen molar-refractivity contribution in [2.24, 2.45) is 0 Å². The van der Waals surface area contributed by atoms with Crippen molar-refractivity contribution < 1.29 is 0 Å². The van der Waals surface area contributed by atoms with E-state index in [0.717, 1.165) is 50.1 Å². The summed E-state index contributed by atoms with van der Waals surface area (Å²) in [5.41, 5.74) is 16.0. The summed E-state index contributed by atoms with van der Waals surface area (Å²) in [5, 5.41) is 3.65. The number of aromatic nitrogens is 4. The lowest BCUT2D eigenvalue weighted by atomic mass is 9.63. The summed E-state index contributed by atoms with van der Waals surface area (Å²) < 4.78 is 2.48. The Labute approximate surface area is 347 Å². The second-order valence-corrected chi connectivity index (χ2v) is 15.6. The van der Waals surface area contributed by atoms with Gasteiger partial charge < -0.3 is 4.57 Å². The first kappa shape index (κ1) is 34.1. The van der Waals surface area contributed by atoms with Crippen molar-refractivity contribution in [2.75, 3.05) is 0 Å². The molecule has 11 aromatic rings. The van der Waals surface area contributed by atoms with Gasteiger partial charge in [0.15, 0.2) is 5.82 Å². The summed E-state index contributed by atoms with van der Waals surface area (Å²) in [6.45, 7) is 0. The van der Waals surface area contributed by atoms with Crippen molar-refractivity contribution in [3.05, 3.63) is 241 Å². The molecule has 0 fully saturated rings. The molecule has 1 unspecified atom stereocenters. The Kier molecular flexibility index (Phi) is 7.72. The maximum absolute atomic E-state index is 5.21. The van der Waals surface area contributed by atoms with Crippen LogP contribution in [0.2, 0.25) is 0 Å². The van der Waals surface area contributed by atoms with Crippen LogP contribution in [0.25, 0.3) is 83.4 Å².